The van der Waals surface area contributed by atoms with Crippen molar-refractivity contribution in [2.24, 2.45) is 4.99 Å². The van der Waals surface area contributed by atoms with Gasteiger partial charge in [0.25, 0.3) is 0 Å². The van der Waals surface area contributed by atoms with Gasteiger partial charge in [0.1, 0.15) is 5.84 Å². The Morgan fingerprint density at radius 2 is 1.34 bits per heavy atom. The molecule has 0 N–H and O–H groups in total. The smallest absolute Gasteiger partial charge is 0.188 e. The quantitative estimate of drug-likeness (QED) is 0.548. The molecule has 1 aliphatic heterocycles. The number of carbonyl (C=O) groups is 1. The van der Waals surface area contributed by atoms with Crippen molar-refractivity contribution < 1.29 is 4.79 Å². The van der Waals surface area contributed by atoms with Gasteiger partial charge in [-0.2, -0.15) is 0 Å². The zero-order valence-corrected chi connectivity index (χ0v) is 16.4. The van der Waals surface area contributed by atoms with Crippen molar-refractivity contribution in [2.45, 2.75) is 13.8 Å². The number of fused-ring (bicyclic) bond motifs is 3. The molecule has 0 saturated carbocycles. The second-order valence-electron chi connectivity index (χ2n) is 7.47. The number of nitrogens with zero attached hydrogens (tertiary/aromatic N) is 2. The van der Waals surface area contributed by atoms with Crippen LogP contribution in [0.4, 0.5) is 11.4 Å². The van der Waals surface area contributed by atoms with Gasteiger partial charge in [0.05, 0.1) is 11.4 Å². The molecule has 0 fully saturated rings. The maximum absolute atomic E-state index is 12.8. The number of anilines is 1. The molecule has 0 saturated heterocycles. The fraction of sp³-hybridized carbons (Fsp3) is 0.0769. The first kappa shape index (κ1) is 17.4. The third-order valence-corrected chi connectivity index (χ3v) is 5.34. The largest absolute Gasteiger partial charge is 0.294 e. The standard InChI is InChI=1S/C26H20N2O/c1-17-7-11-19(12-8-17)27-26-15-23-21-5-3-4-6-22(21)25(29)16-24(23)28(26)20-13-9-18(2)10-14-20/h3-16H,1-2H3. The molecule has 1 aliphatic carbocycles. The molecule has 0 spiro atoms. The van der Waals surface area contributed by atoms with Crippen molar-refractivity contribution in [3.63, 3.8) is 0 Å². The Morgan fingerprint density at radius 3 is 2.03 bits per heavy atom. The number of rotatable bonds is 2. The van der Waals surface area contributed by atoms with Crippen molar-refractivity contribution in [1.29, 1.82) is 0 Å². The highest BCUT2D eigenvalue weighted by Crippen LogP contribution is 2.41. The van der Waals surface area contributed by atoms with Gasteiger partial charge in [-0.1, -0.05) is 59.7 Å². The lowest BCUT2D eigenvalue weighted by atomic mass is 9.90. The lowest BCUT2D eigenvalue weighted by molar-refractivity contribution is 0.104. The van der Waals surface area contributed by atoms with Crippen LogP contribution in [0.15, 0.2) is 95.6 Å². The Kier molecular flexibility index (Phi) is 4.02. The van der Waals surface area contributed by atoms with Crippen molar-refractivity contribution in [2.75, 3.05) is 4.90 Å². The van der Waals surface area contributed by atoms with E-state index in [1.165, 1.54) is 11.1 Å². The normalized spacial score (nSPS) is 16.4. The van der Waals surface area contributed by atoms with E-state index in [1.54, 1.807) is 6.08 Å². The second kappa shape index (κ2) is 6.71. The molecule has 3 nitrogen and oxygen atoms in total. The van der Waals surface area contributed by atoms with Gasteiger partial charge >= 0.3 is 0 Å². The van der Waals surface area contributed by atoms with Gasteiger partial charge in [0, 0.05) is 22.9 Å². The summed E-state index contributed by atoms with van der Waals surface area (Å²) in [7, 11) is 0. The SMILES string of the molecule is Cc1ccc(N=C2C=C3C(=CC(=O)c4ccccc43)N2c2ccc(C)cc2)cc1. The third kappa shape index (κ3) is 3.01. The number of benzene rings is 3. The zero-order chi connectivity index (χ0) is 20.0. The number of hydrogen-bond acceptors (Lipinski definition) is 2. The highest BCUT2D eigenvalue weighted by Gasteiger charge is 2.33. The lowest BCUT2D eigenvalue weighted by Crippen LogP contribution is -2.26. The molecular formula is C26H20N2O. The topological polar surface area (TPSA) is 32.7 Å². The Morgan fingerprint density at radius 1 is 0.724 bits per heavy atom. The molecule has 1 heterocycles. The van der Waals surface area contributed by atoms with Crippen LogP contribution < -0.4 is 4.90 Å². The molecular weight excluding hydrogens is 356 g/mol. The van der Waals surface area contributed by atoms with E-state index in [9.17, 15) is 4.79 Å². The molecule has 0 atom stereocenters. The van der Waals surface area contributed by atoms with Crippen LogP contribution in [0.25, 0.3) is 5.57 Å². The molecule has 5 rings (SSSR count). The summed E-state index contributed by atoms with van der Waals surface area (Å²) in [4.78, 5) is 19.8. The lowest BCUT2D eigenvalue weighted by Gasteiger charge is -2.25. The van der Waals surface area contributed by atoms with Gasteiger partial charge in [-0.15, -0.1) is 0 Å². The molecule has 3 aromatic rings. The van der Waals surface area contributed by atoms with Crippen LogP contribution in [0.1, 0.15) is 27.0 Å². The number of allylic oxidation sites excluding steroid dienone is 2. The Labute approximate surface area is 170 Å². The molecule has 140 valence electrons. The van der Waals surface area contributed by atoms with E-state index in [0.717, 1.165) is 39.6 Å². The minimum Gasteiger partial charge on any atom is -0.294 e. The summed E-state index contributed by atoms with van der Waals surface area (Å²) in [6.07, 6.45) is 3.81. The molecule has 2 aliphatic rings. The monoisotopic (exact) mass is 376 g/mol. The molecule has 0 aromatic heterocycles. The number of ketones is 1. The van der Waals surface area contributed by atoms with Crippen LogP contribution in [-0.4, -0.2) is 11.6 Å². The first-order chi connectivity index (χ1) is 14.1. The maximum Gasteiger partial charge on any atom is 0.188 e. The summed E-state index contributed by atoms with van der Waals surface area (Å²) in [5.41, 5.74) is 7.88. The van der Waals surface area contributed by atoms with Crippen molar-refractivity contribution >= 4 is 28.6 Å². The summed E-state index contributed by atoms with van der Waals surface area (Å²) in [6, 6.07) is 24.2. The van der Waals surface area contributed by atoms with Crippen molar-refractivity contribution in [1.82, 2.24) is 0 Å². The number of hydrogen-bond donors (Lipinski definition) is 0. The van der Waals surface area contributed by atoms with Gasteiger partial charge in [0.15, 0.2) is 5.78 Å². The van der Waals surface area contributed by atoms with Gasteiger partial charge in [-0.25, -0.2) is 4.99 Å². The summed E-state index contributed by atoms with van der Waals surface area (Å²) in [6.45, 7) is 4.13. The number of carbonyl (C=O) groups excluding carboxylic acids is 1. The van der Waals surface area contributed by atoms with Crippen molar-refractivity contribution in [3.8, 4) is 0 Å². The predicted octanol–water partition coefficient (Wildman–Crippen LogP) is 6.02. The van der Waals surface area contributed by atoms with E-state index in [2.05, 4.69) is 61.2 Å². The average molecular weight is 376 g/mol. The molecule has 0 amide bonds. The average Bonchev–Trinajstić information content (AvgIpc) is 3.08. The van der Waals surface area contributed by atoms with Gasteiger partial charge < -0.3 is 0 Å². The van der Waals surface area contributed by atoms with E-state index in [-0.39, 0.29) is 5.78 Å². The summed E-state index contributed by atoms with van der Waals surface area (Å²) in [5.74, 6) is 0.838. The Hall–Kier alpha value is -3.72. The minimum absolute atomic E-state index is 0.0291. The van der Waals surface area contributed by atoms with E-state index >= 15 is 0 Å². The van der Waals surface area contributed by atoms with Gasteiger partial charge in [0.2, 0.25) is 0 Å². The summed E-state index contributed by atoms with van der Waals surface area (Å²) in [5, 5.41) is 0. The minimum atomic E-state index is 0.0291. The number of aliphatic imine (C=N–C) groups is 1. The molecule has 0 radical (unpaired) electrons. The third-order valence-electron chi connectivity index (χ3n) is 5.34. The fourth-order valence-corrected chi connectivity index (χ4v) is 3.80. The van der Waals surface area contributed by atoms with Crippen LogP contribution >= 0.6 is 0 Å². The van der Waals surface area contributed by atoms with E-state index in [1.807, 2.05) is 36.4 Å². The summed E-state index contributed by atoms with van der Waals surface area (Å²) >= 11 is 0. The first-order valence-corrected chi connectivity index (χ1v) is 9.70. The molecule has 0 bridgehead atoms. The Balaban J connectivity index is 1.70. The molecule has 3 heteroatoms. The highest BCUT2D eigenvalue weighted by molar-refractivity contribution is 6.26. The predicted molar refractivity (Wildman–Crippen MR) is 119 cm³/mol. The zero-order valence-electron chi connectivity index (χ0n) is 16.4. The van der Waals surface area contributed by atoms with Gasteiger partial charge in [-0.05, 0) is 49.8 Å². The molecule has 29 heavy (non-hydrogen) atoms. The van der Waals surface area contributed by atoms with Gasteiger partial charge in [-0.3, -0.25) is 9.69 Å². The van der Waals surface area contributed by atoms with E-state index in [4.69, 9.17) is 4.99 Å². The Bertz CT molecular complexity index is 1210. The highest BCUT2D eigenvalue weighted by atomic mass is 16.1. The summed E-state index contributed by atoms with van der Waals surface area (Å²) < 4.78 is 0. The van der Waals surface area contributed by atoms with E-state index in [0.29, 0.717) is 0 Å². The van der Waals surface area contributed by atoms with Crippen LogP contribution in [0.5, 0.6) is 0 Å². The van der Waals surface area contributed by atoms with Crippen LogP contribution in [0.3, 0.4) is 0 Å². The van der Waals surface area contributed by atoms with Crippen LogP contribution in [0, 0.1) is 13.8 Å². The van der Waals surface area contributed by atoms with Crippen LogP contribution in [-0.2, 0) is 0 Å². The van der Waals surface area contributed by atoms with Crippen LogP contribution in [0.2, 0.25) is 0 Å². The molecule has 3 aromatic carbocycles. The fourth-order valence-electron chi connectivity index (χ4n) is 3.80. The number of aryl methyl sites for hydroxylation is 2. The number of amidine groups is 1. The van der Waals surface area contributed by atoms with Crippen molar-refractivity contribution in [3.05, 3.63) is 113 Å². The maximum atomic E-state index is 12.8. The first-order valence-electron chi connectivity index (χ1n) is 9.70. The second-order valence-corrected chi connectivity index (χ2v) is 7.47. The van der Waals surface area contributed by atoms with E-state index < -0.39 is 0 Å². The molecule has 0 unspecified atom stereocenters.